The zero-order valence-corrected chi connectivity index (χ0v) is 14.4. The predicted molar refractivity (Wildman–Crippen MR) is 94.4 cm³/mol. The van der Waals surface area contributed by atoms with Crippen molar-refractivity contribution < 1.29 is 0 Å². The lowest BCUT2D eigenvalue weighted by atomic mass is 10.1. The van der Waals surface area contributed by atoms with Crippen LogP contribution in [0.25, 0.3) is 0 Å². The smallest absolute Gasteiger partial charge is 0.229 e. The minimum Gasteiger partial charge on any atom is -0.368 e. The first-order valence-electron chi connectivity index (χ1n) is 7.90. The van der Waals surface area contributed by atoms with Crippen molar-refractivity contribution in [3.05, 3.63) is 41.7 Å². The van der Waals surface area contributed by atoms with Crippen LogP contribution in [0.1, 0.15) is 30.8 Å². The second-order valence-electron chi connectivity index (χ2n) is 5.99. The van der Waals surface area contributed by atoms with Gasteiger partial charge in [-0.3, -0.25) is 4.90 Å². The van der Waals surface area contributed by atoms with Crippen LogP contribution >= 0.6 is 0 Å². The van der Waals surface area contributed by atoms with Gasteiger partial charge < -0.3 is 10.6 Å². The number of rotatable bonds is 7. The molecule has 0 spiro atoms. The Hall–Kier alpha value is -2.21. The van der Waals surface area contributed by atoms with Crippen molar-refractivity contribution in [1.82, 2.24) is 19.9 Å². The van der Waals surface area contributed by atoms with Crippen LogP contribution in [0.4, 0.5) is 11.9 Å². The summed E-state index contributed by atoms with van der Waals surface area (Å²) in [5.74, 6) is 1.57. The van der Waals surface area contributed by atoms with Crippen molar-refractivity contribution >= 4 is 11.9 Å². The van der Waals surface area contributed by atoms with Crippen LogP contribution < -0.4 is 10.6 Å². The van der Waals surface area contributed by atoms with Crippen LogP contribution in [0.2, 0.25) is 0 Å². The number of hydrogen-bond donors (Lipinski definition) is 1. The summed E-state index contributed by atoms with van der Waals surface area (Å²) in [7, 11) is 5.88. The number of hydrogen-bond acceptors (Lipinski definition) is 6. The molecule has 0 saturated heterocycles. The molecule has 6 heteroatoms. The molecule has 1 heterocycles. The molecule has 0 aliphatic heterocycles. The summed E-state index contributed by atoms with van der Waals surface area (Å²) in [4.78, 5) is 17.0. The normalized spacial score (nSPS) is 12.4. The van der Waals surface area contributed by atoms with E-state index < -0.39 is 0 Å². The molecule has 124 valence electrons. The van der Waals surface area contributed by atoms with Gasteiger partial charge in [0.2, 0.25) is 11.9 Å². The molecule has 0 bridgehead atoms. The Balaban J connectivity index is 1.95. The van der Waals surface area contributed by atoms with E-state index in [0.717, 1.165) is 19.4 Å². The second kappa shape index (κ2) is 7.87. The monoisotopic (exact) mass is 314 g/mol. The van der Waals surface area contributed by atoms with Crippen LogP contribution in [0, 0.1) is 0 Å². The number of nitrogens with zero attached hydrogens (tertiary/aromatic N) is 5. The molecule has 23 heavy (non-hydrogen) atoms. The van der Waals surface area contributed by atoms with Crippen molar-refractivity contribution in [3.8, 4) is 0 Å². The van der Waals surface area contributed by atoms with Gasteiger partial charge in [-0.15, -0.1) is 0 Å². The van der Waals surface area contributed by atoms with E-state index in [9.17, 15) is 0 Å². The van der Waals surface area contributed by atoms with Gasteiger partial charge in [-0.1, -0.05) is 30.3 Å². The third-order valence-electron chi connectivity index (χ3n) is 3.91. The van der Waals surface area contributed by atoms with Gasteiger partial charge in [0.25, 0.3) is 0 Å². The lowest BCUT2D eigenvalue weighted by molar-refractivity contribution is 0.249. The molecular weight excluding hydrogens is 288 g/mol. The highest BCUT2D eigenvalue weighted by Crippen LogP contribution is 2.18. The number of aryl methyl sites for hydroxylation is 1. The molecule has 0 amide bonds. The second-order valence-corrected chi connectivity index (χ2v) is 5.99. The third-order valence-corrected chi connectivity index (χ3v) is 3.91. The molecule has 0 fully saturated rings. The summed E-state index contributed by atoms with van der Waals surface area (Å²) in [5, 5.41) is 0. The van der Waals surface area contributed by atoms with Crippen LogP contribution in [0.5, 0.6) is 0 Å². The van der Waals surface area contributed by atoms with Crippen LogP contribution in [-0.4, -0.2) is 47.5 Å². The fraction of sp³-hybridized carbons (Fsp3) is 0.471. The molecule has 1 aromatic heterocycles. The maximum absolute atomic E-state index is 5.80. The van der Waals surface area contributed by atoms with E-state index in [1.165, 1.54) is 5.56 Å². The van der Waals surface area contributed by atoms with Crippen LogP contribution in [0.15, 0.2) is 30.3 Å². The van der Waals surface area contributed by atoms with Gasteiger partial charge in [0.15, 0.2) is 5.82 Å². The van der Waals surface area contributed by atoms with E-state index in [0.29, 0.717) is 11.8 Å². The minimum absolute atomic E-state index is 0.0924. The predicted octanol–water partition coefficient (Wildman–Crippen LogP) is 2.15. The Morgan fingerprint density at radius 3 is 2.39 bits per heavy atom. The fourth-order valence-corrected chi connectivity index (χ4v) is 2.35. The Bertz CT molecular complexity index is 614. The Kier molecular flexibility index (Phi) is 5.87. The molecule has 2 N–H and O–H groups in total. The molecule has 0 radical (unpaired) electrons. The first-order chi connectivity index (χ1) is 11.0. The SMILES string of the molecule is CC(c1nc(N)nc(N(C)C)n1)N(C)CCCc1ccccc1. The first kappa shape index (κ1) is 17.1. The maximum Gasteiger partial charge on any atom is 0.229 e. The van der Waals surface area contributed by atoms with E-state index in [1.54, 1.807) is 0 Å². The van der Waals surface area contributed by atoms with Gasteiger partial charge in [-0.2, -0.15) is 15.0 Å². The largest absolute Gasteiger partial charge is 0.368 e. The Morgan fingerprint density at radius 2 is 1.74 bits per heavy atom. The van der Waals surface area contributed by atoms with Gasteiger partial charge in [0.05, 0.1) is 6.04 Å². The van der Waals surface area contributed by atoms with Crippen molar-refractivity contribution in [2.24, 2.45) is 0 Å². The maximum atomic E-state index is 5.80. The third kappa shape index (κ3) is 4.89. The topological polar surface area (TPSA) is 71.2 Å². The average molecular weight is 314 g/mol. The molecule has 1 atom stereocenters. The minimum atomic E-state index is 0.0924. The average Bonchev–Trinajstić information content (AvgIpc) is 2.54. The Labute approximate surface area is 138 Å². The van der Waals surface area contributed by atoms with Gasteiger partial charge in [-0.25, -0.2) is 0 Å². The molecule has 1 unspecified atom stereocenters. The zero-order chi connectivity index (χ0) is 16.8. The van der Waals surface area contributed by atoms with Gasteiger partial charge in [0, 0.05) is 14.1 Å². The summed E-state index contributed by atoms with van der Waals surface area (Å²) in [6.07, 6.45) is 2.16. The van der Waals surface area contributed by atoms with E-state index in [2.05, 4.69) is 58.1 Å². The fourth-order valence-electron chi connectivity index (χ4n) is 2.35. The molecule has 6 nitrogen and oxygen atoms in total. The molecule has 1 aromatic carbocycles. The zero-order valence-electron chi connectivity index (χ0n) is 14.4. The summed E-state index contributed by atoms with van der Waals surface area (Å²) >= 11 is 0. The number of aromatic nitrogens is 3. The van der Waals surface area contributed by atoms with Crippen molar-refractivity contribution in [3.63, 3.8) is 0 Å². The summed E-state index contributed by atoms with van der Waals surface area (Å²) < 4.78 is 0. The van der Waals surface area contributed by atoms with Crippen molar-refractivity contribution in [2.45, 2.75) is 25.8 Å². The quantitative estimate of drug-likeness (QED) is 0.844. The van der Waals surface area contributed by atoms with Crippen LogP contribution in [-0.2, 0) is 6.42 Å². The first-order valence-corrected chi connectivity index (χ1v) is 7.90. The highest BCUT2D eigenvalue weighted by molar-refractivity contribution is 5.33. The number of nitrogen functional groups attached to an aromatic ring is 1. The van der Waals surface area contributed by atoms with Gasteiger partial charge in [-0.05, 0) is 38.9 Å². The van der Waals surface area contributed by atoms with Crippen LogP contribution in [0.3, 0.4) is 0 Å². The number of nitrogens with two attached hydrogens (primary N) is 1. The summed E-state index contributed by atoms with van der Waals surface area (Å²) in [6.45, 7) is 3.07. The molecular formula is C17H26N6. The molecule has 0 aliphatic rings. The van der Waals surface area contributed by atoms with Crippen molar-refractivity contribution in [1.29, 1.82) is 0 Å². The molecule has 0 saturated carbocycles. The standard InChI is InChI=1S/C17H26N6/c1-13(15-19-16(18)21-17(20-15)22(2)3)23(4)12-8-11-14-9-6-5-7-10-14/h5-7,9-10,13H,8,11-12H2,1-4H3,(H2,18,19,20,21). The van der Waals surface area contributed by atoms with E-state index in [-0.39, 0.29) is 12.0 Å². The molecule has 2 aromatic rings. The number of benzene rings is 1. The van der Waals surface area contributed by atoms with Gasteiger partial charge >= 0.3 is 0 Å². The lowest BCUT2D eigenvalue weighted by Gasteiger charge is -2.24. The van der Waals surface area contributed by atoms with E-state index in [4.69, 9.17) is 5.73 Å². The number of anilines is 2. The molecule has 2 rings (SSSR count). The van der Waals surface area contributed by atoms with E-state index in [1.807, 2.05) is 25.1 Å². The summed E-state index contributed by atoms with van der Waals surface area (Å²) in [5.41, 5.74) is 7.17. The highest BCUT2D eigenvalue weighted by atomic mass is 15.3. The molecule has 0 aliphatic carbocycles. The summed E-state index contributed by atoms with van der Waals surface area (Å²) in [6, 6.07) is 10.6. The van der Waals surface area contributed by atoms with Gasteiger partial charge in [0.1, 0.15) is 0 Å². The van der Waals surface area contributed by atoms with Crippen molar-refractivity contribution in [2.75, 3.05) is 38.3 Å². The Morgan fingerprint density at radius 1 is 1.04 bits per heavy atom. The van der Waals surface area contributed by atoms with E-state index >= 15 is 0 Å². The lowest BCUT2D eigenvalue weighted by Crippen LogP contribution is -2.27. The highest BCUT2D eigenvalue weighted by Gasteiger charge is 2.17.